The zero-order valence-electron chi connectivity index (χ0n) is 31.5. The van der Waals surface area contributed by atoms with Gasteiger partial charge in [-0.25, -0.2) is 22.7 Å². The van der Waals surface area contributed by atoms with Crippen LogP contribution in [0.15, 0.2) is 179 Å². The van der Waals surface area contributed by atoms with Gasteiger partial charge in [0, 0.05) is 57.4 Å². The van der Waals surface area contributed by atoms with Gasteiger partial charge < -0.3 is 15.8 Å². The predicted molar refractivity (Wildman–Crippen MR) is 224 cm³/mol. The summed E-state index contributed by atoms with van der Waals surface area (Å²) < 4.78 is 71.3. The molecule has 0 spiro atoms. The average molecular weight is 844 g/mol. The summed E-state index contributed by atoms with van der Waals surface area (Å²) in [6.07, 6.45) is -0.198. The Balaban J connectivity index is 0.000000154. The molecule has 0 saturated carbocycles. The Kier molecular flexibility index (Phi) is 11.8. The smallest absolute Gasteiger partial charge is 0.410 e. The van der Waals surface area contributed by atoms with Crippen molar-refractivity contribution in [2.75, 3.05) is 16.4 Å². The van der Waals surface area contributed by atoms with Crippen molar-refractivity contribution in [2.24, 2.45) is 10.2 Å². The molecular formula is C43H32F3N9O5S. The number of urea groups is 1. The lowest BCUT2D eigenvalue weighted by Gasteiger charge is -2.16. The fourth-order valence-electron chi connectivity index (χ4n) is 5.80. The van der Waals surface area contributed by atoms with Gasteiger partial charge in [0.2, 0.25) is 0 Å². The van der Waals surface area contributed by atoms with Crippen molar-refractivity contribution >= 4 is 71.9 Å². The SMILES string of the molecule is Nc1ccc2ncccc2c1.O=C(Nc1ccc2ncccc2c1)NS(=O)(=O)c1cccc(C2(C(F)(F)F)N=N2)c1.O=C(Nc1ccc2ncccc2c1)Oc1ccccc1. The standard InChI is InChI=1S/C18H12F3N5O3S.C16H12N2O2.C9H8N2/c19-18(20,21)17(25-26-17)12-4-1-5-14(10-12)30(28,29)24-16(27)23-13-6-7-15-11(9-13)3-2-8-22-15;19-16(20-14-6-2-1-3-7-14)18-13-8-9-15-12(11-13)5-4-10-17-15;10-8-3-4-9-7(6-8)2-1-5-11-9/h1-10H,(H2,23,24,27);1-11H,(H,18,19);1-6H,10H2. The minimum absolute atomic E-state index is 0.309. The lowest BCUT2D eigenvalue weighted by atomic mass is 10.0. The summed E-state index contributed by atoms with van der Waals surface area (Å²) in [5, 5.41) is 13.9. The van der Waals surface area contributed by atoms with Gasteiger partial charge in [0.25, 0.3) is 10.0 Å². The van der Waals surface area contributed by atoms with Gasteiger partial charge in [-0.3, -0.25) is 20.3 Å². The van der Waals surface area contributed by atoms with Gasteiger partial charge in [0.1, 0.15) is 5.75 Å². The van der Waals surface area contributed by atoms with Gasteiger partial charge in [-0.05, 0) is 97.1 Å². The molecule has 0 aliphatic carbocycles. The number of fused-ring (bicyclic) bond motifs is 3. The van der Waals surface area contributed by atoms with Crippen LogP contribution in [0.3, 0.4) is 0 Å². The number of benzene rings is 5. The Morgan fingerprint density at radius 2 is 1.15 bits per heavy atom. The van der Waals surface area contributed by atoms with Crippen molar-refractivity contribution in [3.63, 3.8) is 0 Å². The molecule has 5 N–H and O–H groups in total. The second kappa shape index (κ2) is 17.5. The number of pyridine rings is 3. The topological polar surface area (TPSA) is 203 Å². The fourth-order valence-corrected chi connectivity index (χ4v) is 6.75. The Morgan fingerprint density at radius 1 is 0.607 bits per heavy atom. The van der Waals surface area contributed by atoms with Crippen molar-refractivity contribution in [2.45, 2.75) is 16.7 Å². The number of para-hydroxylation sites is 1. The average Bonchev–Trinajstić information content (AvgIpc) is 4.08. The third kappa shape index (κ3) is 10.2. The summed E-state index contributed by atoms with van der Waals surface area (Å²) in [6.45, 7) is 0. The minimum atomic E-state index is -4.80. The maximum Gasteiger partial charge on any atom is 0.442 e. The van der Waals surface area contributed by atoms with E-state index in [2.05, 4.69) is 35.8 Å². The zero-order valence-corrected chi connectivity index (χ0v) is 32.3. The van der Waals surface area contributed by atoms with Crippen LogP contribution in [0, 0.1) is 0 Å². The predicted octanol–water partition coefficient (Wildman–Crippen LogP) is 9.59. The Hall–Kier alpha value is -7.99. The van der Waals surface area contributed by atoms with E-state index < -0.39 is 44.4 Å². The summed E-state index contributed by atoms with van der Waals surface area (Å²) in [5.74, 6) is 0.507. The van der Waals surface area contributed by atoms with Crippen LogP contribution >= 0.6 is 0 Å². The second-order valence-corrected chi connectivity index (χ2v) is 14.7. The number of anilines is 3. The summed E-state index contributed by atoms with van der Waals surface area (Å²) in [4.78, 5) is 35.9. The summed E-state index contributed by atoms with van der Waals surface area (Å²) in [6, 6.07) is 39.0. The summed E-state index contributed by atoms with van der Waals surface area (Å²) in [7, 11) is -4.45. The molecule has 0 bridgehead atoms. The van der Waals surface area contributed by atoms with Gasteiger partial charge in [0.15, 0.2) is 0 Å². The molecule has 1 aliphatic heterocycles. The molecule has 0 fully saturated rings. The molecule has 306 valence electrons. The van der Waals surface area contributed by atoms with E-state index in [0.717, 1.165) is 57.1 Å². The molecule has 1 aliphatic rings. The van der Waals surface area contributed by atoms with Gasteiger partial charge >= 0.3 is 24.0 Å². The van der Waals surface area contributed by atoms with Crippen LogP contribution in [-0.2, 0) is 15.7 Å². The third-order valence-electron chi connectivity index (χ3n) is 8.76. The van der Waals surface area contributed by atoms with Crippen molar-refractivity contribution in [1.82, 2.24) is 19.7 Å². The molecule has 9 rings (SSSR count). The fraction of sp³-hybridized carbons (Fsp3) is 0.0465. The van der Waals surface area contributed by atoms with Gasteiger partial charge in [0.05, 0.1) is 21.4 Å². The number of nitrogens with one attached hydrogen (secondary N) is 3. The van der Waals surface area contributed by atoms with Crippen LogP contribution in [-0.4, -0.2) is 41.7 Å². The largest absolute Gasteiger partial charge is 0.442 e. The van der Waals surface area contributed by atoms with Crippen LogP contribution in [0.2, 0.25) is 0 Å². The molecule has 0 radical (unpaired) electrons. The molecule has 0 atom stereocenters. The number of nitrogens with zero attached hydrogens (tertiary/aromatic N) is 5. The number of amides is 3. The van der Waals surface area contributed by atoms with Crippen molar-refractivity contribution in [3.8, 4) is 5.75 Å². The number of hydrogen-bond donors (Lipinski definition) is 4. The maximum absolute atomic E-state index is 13.2. The zero-order chi connectivity index (χ0) is 43.0. The minimum Gasteiger partial charge on any atom is -0.410 e. The van der Waals surface area contributed by atoms with E-state index in [-0.39, 0.29) is 0 Å². The van der Waals surface area contributed by atoms with E-state index in [0.29, 0.717) is 22.6 Å². The number of hydrogen-bond acceptors (Lipinski definition) is 11. The first-order chi connectivity index (χ1) is 29.3. The molecule has 5 aromatic carbocycles. The van der Waals surface area contributed by atoms with Crippen molar-refractivity contribution in [1.29, 1.82) is 0 Å². The number of aromatic nitrogens is 3. The quantitative estimate of drug-likeness (QED) is 0.118. The van der Waals surface area contributed by atoms with Gasteiger partial charge in [-0.15, -0.1) is 10.2 Å². The highest BCUT2D eigenvalue weighted by atomic mass is 32.2. The van der Waals surface area contributed by atoms with Crippen LogP contribution in [0.1, 0.15) is 5.56 Å². The molecule has 14 nitrogen and oxygen atoms in total. The molecule has 4 heterocycles. The van der Waals surface area contributed by atoms with E-state index >= 15 is 0 Å². The van der Waals surface area contributed by atoms with Crippen molar-refractivity contribution < 1.29 is 35.9 Å². The molecule has 0 saturated heterocycles. The Labute approximate surface area is 345 Å². The van der Waals surface area contributed by atoms with Gasteiger partial charge in [-0.2, -0.15) is 13.2 Å². The molecule has 0 unspecified atom stereocenters. The highest BCUT2D eigenvalue weighted by Crippen LogP contribution is 2.52. The van der Waals surface area contributed by atoms with E-state index in [4.69, 9.17) is 10.5 Å². The first-order valence-corrected chi connectivity index (χ1v) is 19.6. The van der Waals surface area contributed by atoms with Crippen LogP contribution in [0.5, 0.6) is 5.75 Å². The maximum atomic E-state index is 13.2. The highest BCUT2D eigenvalue weighted by Gasteiger charge is 2.65. The van der Waals surface area contributed by atoms with E-state index in [9.17, 15) is 31.2 Å². The Bertz CT molecular complexity index is 3020. The number of nitrogen functional groups attached to an aromatic ring is 1. The Morgan fingerprint density at radius 3 is 1.70 bits per heavy atom. The van der Waals surface area contributed by atoms with Crippen molar-refractivity contribution in [3.05, 3.63) is 170 Å². The summed E-state index contributed by atoms with van der Waals surface area (Å²) >= 11 is 0. The number of carbonyl (C=O) groups is 2. The normalized spacial score (nSPS) is 12.6. The van der Waals surface area contributed by atoms with Crippen LogP contribution in [0.4, 0.5) is 39.8 Å². The monoisotopic (exact) mass is 843 g/mol. The number of nitrogens with two attached hydrogens (primary N) is 1. The number of halogens is 3. The first kappa shape index (κ1) is 41.2. The second-order valence-electron chi connectivity index (χ2n) is 13.1. The molecule has 3 amide bonds. The van der Waals surface area contributed by atoms with E-state index in [1.807, 2.05) is 72.8 Å². The van der Waals surface area contributed by atoms with Crippen LogP contribution in [0.25, 0.3) is 32.7 Å². The number of carbonyl (C=O) groups excluding carboxylic acids is 2. The number of ether oxygens (including phenoxy) is 1. The third-order valence-corrected chi connectivity index (χ3v) is 10.1. The number of rotatable bonds is 6. The first-order valence-electron chi connectivity index (χ1n) is 18.1. The van der Waals surface area contributed by atoms with E-state index in [1.54, 1.807) is 65.8 Å². The number of alkyl halides is 3. The highest BCUT2D eigenvalue weighted by molar-refractivity contribution is 7.90. The lowest BCUT2D eigenvalue weighted by molar-refractivity contribution is -0.166. The van der Waals surface area contributed by atoms with Crippen LogP contribution < -0.4 is 25.8 Å². The van der Waals surface area contributed by atoms with Gasteiger partial charge in [-0.1, -0.05) is 48.5 Å². The lowest BCUT2D eigenvalue weighted by Crippen LogP contribution is -2.35. The molecule has 3 aromatic heterocycles. The molecular weight excluding hydrogens is 812 g/mol. The number of sulfonamides is 1. The molecule has 61 heavy (non-hydrogen) atoms. The summed E-state index contributed by atoms with van der Waals surface area (Å²) in [5.41, 5.74) is 6.69. The molecule has 18 heteroatoms. The molecule has 8 aromatic rings. The van der Waals surface area contributed by atoms with E-state index in [1.165, 1.54) is 6.07 Å².